The summed E-state index contributed by atoms with van der Waals surface area (Å²) in [6.45, 7) is 11.2. The van der Waals surface area contributed by atoms with E-state index in [1.165, 1.54) is 16.0 Å². The summed E-state index contributed by atoms with van der Waals surface area (Å²) < 4.78 is 0. The molecule has 3 aliphatic rings. The number of rotatable bonds is 1. The molecule has 0 saturated carbocycles. The van der Waals surface area contributed by atoms with Crippen molar-refractivity contribution in [2.24, 2.45) is 5.41 Å². The number of amides is 3. The Morgan fingerprint density at radius 3 is 2.27 bits per heavy atom. The summed E-state index contributed by atoms with van der Waals surface area (Å²) in [6.07, 6.45) is 4.15. The highest BCUT2D eigenvalue weighted by atomic mass is 16.2. The summed E-state index contributed by atoms with van der Waals surface area (Å²) in [5, 5.41) is 3.17. The molecule has 1 fully saturated rings. The van der Waals surface area contributed by atoms with Gasteiger partial charge in [0.1, 0.15) is 0 Å². The van der Waals surface area contributed by atoms with Crippen molar-refractivity contribution < 1.29 is 9.59 Å². The molecular weight excluding hydrogens is 374 g/mol. The van der Waals surface area contributed by atoms with Crippen molar-refractivity contribution in [1.29, 1.82) is 0 Å². The number of benzene rings is 2. The molecule has 152 valence electrons. The van der Waals surface area contributed by atoms with Gasteiger partial charge in [-0.1, -0.05) is 42.5 Å². The van der Waals surface area contributed by atoms with Gasteiger partial charge in [-0.2, -0.15) is 0 Å². The highest BCUT2D eigenvalue weighted by Crippen LogP contribution is 2.59. The van der Waals surface area contributed by atoms with E-state index in [2.05, 4.69) is 34.4 Å². The molecule has 0 aromatic heterocycles. The molecule has 0 radical (unpaired) electrons. The predicted octanol–water partition coefficient (Wildman–Crippen LogP) is 4.51. The van der Waals surface area contributed by atoms with Crippen LogP contribution < -0.4 is 5.32 Å². The van der Waals surface area contributed by atoms with Crippen LogP contribution in [0.1, 0.15) is 48.9 Å². The number of nitrogens with one attached hydrogen (secondary N) is 1. The quantitative estimate of drug-likeness (QED) is 0.566. The van der Waals surface area contributed by atoms with E-state index in [9.17, 15) is 9.59 Å². The zero-order valence-electron chi connectivity index (χ0n) is 17.4. The fourth-order valence-electron chi connectivity index (χ4n) is 5.95. The maximum atomic E-state index is 14.0. The van der Waals surface area contributed by atoms with E-state index in [0.717, 1.165) is 43.2 Å². The van der Waals surface area contributed by atoms with Gasteiger partial charge < -0.3 is 5.32 Å². The second-order valence-electron chi connectivity index (χ2n) is 9.13. The highest BCUT2D eigenvalue weighted by Gasteiger charge is 2.67. The minimum Gasteiger partial charge on any atom is -0.319 e. The van der Waals surface area contributed by atoms with E-state index in [4.69, 9.17) is 6.57 Å². The number of urea groups is 1. The van der Waals surface area contributed by atoms with Crippen molar-refractivity contribution in [3.05, 3.63) is 76.1 Å². The number of nitrogens with zero attached hydrogens (tertiary/aromatic N) is 2. The second-order valence-corrected chi connectivity index (χ2v) is 9.13. The molecule has 1 heterocycles. The molecule has 5 nitrogen and oxygen atoms in total. The number of hydrogen-bond acceptors (Lipinski definition) is 2. The van der Waals surface area contributed by atoms with Crippen molar-refractivity contribution in [3.8, 4) is 0 Å². The van der Waals surface area contributed by atoms with E-state index in [0.29, 0.717) is 5.69 Å². The maximum Gasteiger partial charge on any atom is 0.325 e. The Bertz CT molecular complexity index is 1090. The first kappa shape index (κ1) is 18.9. The Morgan fingerprint density at radius 2 is 1.70 bits per heavy atom. The van der Waals surface area contributed by atoms with Gasteiger partial charge in [0.2, 0.25) is 0 Å². The van der Waals surface area contributed by atoms with Crippen LogP contribution in [0.15, 0.2) is 42.5 Å². The minimum atomic E-state index is -1.09. The highest BCUT2D eigenvalue weighted by molar-refractivity contribution is 6.09. The zero-order valence-corrected chi connectivity index (χ0v) is 17.4. The molecule has 2 aromatic rings. The molecule has 5 heteroatoms. The number of carbonyl (C=O) groups is 2. The van der Waals surface area contributed by atoms with Gasteiger partial charge in [-0.25, -0.2) is 9.64 Å². The first-order chi connectivity index (χ1) is 14.4. The SMILES string of the molecule is [C-]#[N+]c1ccc2c(c1)C1(NC(=O)N(C(C)C)C1=O)C1(CCc3ccccc3CC1)C2. The van der Waals surface area contributed by atoms with Crippen molar-refractivity contribution >= 4 is 17.6 Å². The third kappa shape index (κ3) is 2.34. The van der Waals surface area contributed by atoms with Crippen LogP contribution in [-0.2, 0) is 29.6 Å². The molecule has 2 spiro atoms. The summed E-state index contributed by atoms with van der Waals surface area (Å²) in [7, 11) is 0. The Morgan fingerprint density at radius 1 is 1.03 bits per heavy atom. The van der Waals surface area contributed by atoms with Crippen LogP contribution in [0.25, 0.3) is 4.85 Å². The van der Waals surface area contributed by atoms with Gasteiger partial charge in [0.25, 0.3) is 5.91 Å². The molecule has 30 heavy (non-hydrogen) atoms. The molecule has 1 saturated heterocycles. The van der Waals surface area contributed by atoms with Crippen molar-refractivity contribution in [2.45, 2.75) is 57.5 Å². The average Bonchev–Trinajstić information content (AvgIpc) is 3.07. The standard InChI is InChI=1S/C25H25N3O2/c1-16(2)28-22(29)25(27-23(28)30)21-14-20(26-3)9-8-19(21)15-24(25)12-10-17-6-4-5-7-18(17)11-13-24/h4-9,14,16H,10-13,15H2,1-2H3,(H,27,30). The average molecular weight is 399 g/mol. The van der Waals surface area contributed by atoms with Gasteiger partial charge in [-0.05, 0) is 68.2 Å². The lowest BCUT2D eigenvalue weighted by molar-refractivity contribution is -0.138. The van der Waals surface area contributed by atoms with Crippen molar-refractivity contribution in [1.82, 2.24) is 10.2 Å². The first-order valence-electron chi connectivity index (χ1n) is 10.7. The van der Waals surface area contributed by atoms with Crippen LogP contribution in [-0.4, -0.2) is 22.9 Å². The van der Waals surface area contributed by atoms with E-state index in [1.807, 2.05) is 32.0 Å². The molecule has 3 amide bonds. The first-order valence-corrected chi connectivity index (χ1v) is 10.7. The van der Waals surface area contributed by atoms with Crippen LogP contribution >= 0.6 is 0 Å². The van der Waals surface area contributed by atoms with Gasteiger partial charge in [0.15, 0.2) is 11.2 Å². The van der Waals surface area contributed by atoms with Crippen LogP contribution in [0.5, 0.6) is 0 Å². The van der Waals surface area contributed by atoms with Crippen molar-refractivity contribution in [2.75, 3.05) is 0 Å². The fraction of sp³-hybridized carbons (Fsp3) is 0.400. The van der Waals surface area contributed by atoms with Crippen LogP contribution in [0.2, 0.25) is 0 Å². The molecular formula is C25H25N3O2. The van der Waals surface area contributed by atoms with Gasteiger partial charge in [0, 0.05) is 11.5 Å². The van der Waals surface area contributed by atoms with E-state index < -0.39 is 11.0 Å². The number of imide groups is 1. The summed E-state index contributed by atoms with van der Waals surface area (Å²) in [6, 6.07) is 13.6. The van der Waals surface area contributed by atoms with Crippen molar-refractivity contribution in [3.63, 3.8) is 0 Å². The molecule has 2 aliphatic carbocycles. The Labute approximate surface area is 176 Å². The maximum absolute atomic E-state index is 14.0. The fourth-order valence-corrected chi connectivity index (χ4v) is 5.95. The third-order valence-corrected chi connectivity index (χ3v) is 7.38. The molecule has 1 unspecified atom stereocenters. The molecule has 1 N–H and O–H groups in total. The third-order valence-electron chi connectivity index (χ3n) is 7.38. The van der Waals surface area contributed by atoms with Crippen LogP contribution in [0.3, 0.4) is 0 Å². The molecule has 2 aromatic carbocycles. The van der Waals surface area contributed by atoms with Gasteiger partial charge >= 0.3 is 6.03 Å². The summed E-state index contributed by atoms with van der Waals surface area (Å²) in [5.74, 6) is -0.158. The summed E-state index contributed by atoms with van der Waals surface area (Å²) in [5.41, 5.74) is 3.58. The largest absolute Gasteiger partial charge is 0.325 e. The summed E-state index contributed by atoms with van der Waals surface area (Å²) >= 11 is 0. The number of aryl methyl sites for hydroxylation is 2. The predicted molar refractivity (Wildman–Crippen MR) is 114 cm³/mol. The van der Waals surface area contributed by atoms with Gasteiger partial charge in [-0.15, -0.1) is 0 Å². The monoisotopic (exact) mass is 399 g/mol. The minimum absolute atomic E-state index is 0.158. The number of carbonyl (C=O) groups excluding carboxylic acids is 2. The topological polar surface area (TPSA) is 53.8 Å². The van der Waals surface area contributed by atoms with Crippen LogP contribution in [0.4, 0.5) is 10.5 Å². The van der Waals surface area contributed by atoms with Crippen LogP contribution in [0, 0.1) is 12.0 Å². The molecule has 0 bridgehead atoms. The Kier molecular flexibility index (Phi) is 4.05. The molecule has 1 aliphatic heterocycles. The molecule has 5 rings (SSSR count). The number of fused-ring (bicyclic) bond motifs is 4. The van der Waals surface area contributed by atoms with E-state index in [1.54, 1.807) is 0 Å². The summed E-state index contributed by atoms with van der Waals surface area (Å²) in [4.78, 5) is 32.0. The number of hydrogen-bond donors (Lipinski definition) is 1. The molecule has 1 atom stereocenters. The smallest absolute Gasteiger partial charge is 0.319 e. The van der Waals surface area contributed by atoms with Gasteiger partial charge in [-0.3, -0.25) is 9.69 Å². The second kappa shape index (κ2) is 6.43. The van der Waals surface area contributed by atoms with E-state index in [-0.39, 0.29) is 18.0 Å². The Hall–Kier alpha value is -3.13. The Balaban J connectivity index is 1.70. The lowest BCUT2D eigenvalue weighted by Gasteiger charge is -2.42. The van der Waals surface area contributed by atoms with E-state index >= 15 is 0 Å². The lowest BCUT2D eigenvalue weighted by Crippen LogP contribution is -2.55. The lowest BCUT2D eigenvalue weighted by atomic mass is 9.65. The van der Waals surface area contributed by atoms with Gasteiger partial charge in [0.05, 0.1) is 6.57 Å². The normalized spacial score (nSPS) is 24.0. The zero-order chi connectivity index (χ0) is 21.1.